The van der Waals surface area contributed by atoms with Crippen LogP contribution in [0.3, 0.4) is 0 Å². The maximum absolute atomic E-state index is 6.31. The average molecular weight is 298 g/mol. The average Bonchev–Trinajstić information content (AvgIpc) is 2.79. The Labute approximate surface area is 123 Å². The highest BCUT2D eigenvalue weighted by Crippen LogP contribution is 2.33. The van der Waals surface area contributed by atoms with Crippen LogP contribution in [-0.4, -0.2) is 16.1 Å². The van der Waals surface area contributed by atoms with Crippen molar-refractivity contribution < 1.29 is 0 Å². The van der Waals surface area contributed by atoms with Crippen LogP contribution in [0.1, 0.15) is 30.8 Å². The Kier molecular flexibility index (Phi) is 4.86. The zero-order valence-corrected chi connectivity index (χ0v) is 12.5. The molecule has 1 N–H and O–H groups in total. The molecule has 0 fully saturated rings. The minimum absolute atomic E-state index is 0.0962. The van der Waals surface area contributed by atoms with Gasteiger partial charge in [0.25, 0.3) is 0 Å². The molecule has 0 aliphatic rings. The minimum atomic E-state index is -0.0962. The molecular formula is C14H17Cl2N3. The summed E-state index contributed by atoms with van der Waals surface area (Å²) in [7, 11) is 1.97. The Morgan fingerprint density at radius 3 is 2.53 bits per heavy atom. The summed E-state index contributed by atoms with van der Waals surface area (Å²) in [6, 6.07) is 5.46. The van der Waals surface area contributed by atoms with E-state index in [9.17, 15) is 0 Å². The molecule has 1 aromatic carbocycles. The normalized spacial score (nSPS) is 12.6. The summed E-state index contributed by atoms with van der Waals surface area (Å²) in [5.41, 5.74) is 0.883. The number of rotatable bonds is 5. The van der Waals surface area contributed by atoms with Crippen molar-refractivity contribution in [3.05, 3.63) is 52.0 Å². The van der Waals surface area contributed by atoms with Gasteiger partial charge in [-0.1, -0.05) is 36.2 Å². The molecule has 0 saturated heterocycles. The second-order valence-electron chi connectivity index (χ2n) is 4.42. The van der Waals surface area contributed by atoms with Crippen LogP contribution in [0.4, 0.5) is 0 Å². The lowest BCUT2D eigenvalue weighted by Gasteiger charge is -2.21. The van der Waals surface area contributed by atoms with Crippen LogP contribution in [0, 0.1) is 0 Å². The maximum atomic E-state index is 6.31. The Hall–Kier alpha value is -1.03. The molecule has 0 spiro atoms. The molecule has 102 valence electrons. The van der Waals surface area contributed by atoms with E-state index in [1.807, 2.05) is 36.0 Å². The molecule has 0 aliphatic carbocycles. The summed E-state index contributed by atoms with van der Waals surface area (Å²) >= 11 is 12.6. The van der Waals surface area contributed by atoms with Gasteiger partial charge in [0.1, 0.15) is 5.82 Å². The molecule has 1 aromatic heterocycles. The topological polar surface area (TPSA) is 29.9 Å². The first-order valence-electron chi connectivity index (χ1n) is 6.29. The van der Waals surface area contributed by atoms with E-state index in [1.54, 1.807) is 6.20 Å². The number of halogens is 2. The number of hydrogen-bond acceptors (Lipinski definition) is 2. The van der Waals surface area contributed by atoms with Gasteiger partial charge in [-0.15, -0.1) is 0 Å². The predicted molar refractivity (Wildman–Crippen MR) is 79.8 cm³/mol. The highest BCUT2D eigenvalue weighted by atomic mass is 35.5. The number of benzene rings is 1. The Morgan fingerprint density at radius 1 is 1.32 bits per heavy atom. The number of nitrogens with zero attached hydrogens (tertiary/aromatic N) is 2. The first-order chi connectivity index (χ1) is 9.15. The zero-order chi connectivity index (χ0) is 13.8. The number of nitrogens with one attached hydrogen (secondary N) is 1. The first kappa shape index (κ1) is 14.4. The largest absolute Gasteiger partial charge is 0.336 e. The van der Waals surface area contributed by atoms with Crippen molar-refractivity contribution in [2.24, 2.45) is 7.05 Å². The molecule has 3 nitrogen and oxygen atoms in total. The quantitative estimate of drug-likeness (QED) is 0.909. The third-order valence-electron chi connectivity index (χ3n) is 3.00. The van der Waals surface area contributed by atoms with Crippen LogP contribution in [0.15, 0.2) is 30.6 Å². The van der Waals surface area contributed by atoms with Crippen molar-refractivity contribution in [1.29, 1.82) is 0 Å². The fourth-order valence-electron chi connectivity index (χ4n) is 2.05. The predicted octanol–water partition coefficient (Wildman–Crippen LogP) is 3.82. The van der Waals surface area contributed by atoms with Gasteiger partial charge < -0.3 is 9.88 Å². The highest BCUT2D eigenvalue weighted by molar-refractivity contribution is 6.36. The minimum Gasteiger partial charge on any atom is -0.336 e. The van der Waals surface area contributed by atoms with E-state index < -0.39 is 0 Å². The van der Waals surface area contributed by atoms with Gasteiger partial charge in [0.05, 0.1) is 6.04 Å². The lowest BCUT2D eigenvalue weighted by Crippen LogP contribution is -2.26. The molecule has 0 radical (unpaired) electrons. The fourth-order valence-corrected chi connectivity index (χ4v) is 2.67. The summed E-state index contributed by atoms with van der Waals surface area (Å²) < 4.78 is 1.98. The van der Waals surface area contributed by atoms with Crippen molar-refractivity contribution in [2.75, 3.05) is 6.54 Å². The van der Waals surface area contributed by atoms with Gasteiger partial charge in [0.2, 0.25) is 0 Å². The summed E-state index contributed by atoms with van der Waals surface area (Å²) in [6.07, 6.45) is 4.73. The molecule has 5 heteroatoms. The lowest BCUT2D eigenvalue weighted by molar-refractivity contribution is 0.556. The fraction of sp³-hybridized carbons (Fsp3) is 0.357. The SMILES string of the molecule is CCCNC(c1c(Cl)cccc1Cl)c1nccn1C. The smallest absolute Gasteiger partial charge is 0.130 e. The van der Waals surface area contributed by atoms with Crippen molar-refractivity contribution in [2.45, 2.75) is 19.4 Å². The van der Waals surface area contributed by atoms with Gasteiger partial charge in [-0.3, -0.25) is 0 Å². The molecule has 0 aliphatic heterocycles. The van der Waals surface area contributed by atoms with E-state index in [1.165, 1.54) is 0 Å². The van der Waals surface area contributed by atoms with Crippen molar-refractivity contribution in [3.8, 4) is 0 Å². The van der Waals surface area contributed by atoms with Gasteiger partial charge in [0, 0.05) is 35.1 Å². The first-order valence-corrected chi connectivity index (χ1v) is 7.05. The second-order valence-corrected chi connectivity index (χ2v) is 5.23. The Morgan fingerprint density at radius 2 is 2.00 bits per heavy atom. The summed E-state index contributed by atoms with van der Waals surface area (Å²) in [4.78, 5) is 4.41. The third-order valence-corrected chi connectivity index (χ3v) is 3.66. The van der Waals surface area contributed by atoms with E-state index in [2.05, 4.69) is 17.2 Å². The molecule has 19 heavy (non-hydrogen) atoms. The molecule has 2 aromatic rings. The van der Waals surface area contributed by atoms with E-state index in [0.29, 0.717) is 10.0 Å². The molecular weight excluding hydrogens is 281 g/mol. The van der Waals surface area contributed by atoms with Gasteiger partial charge >= 0.3 is 0 Å². The molecule has 1 atom stereocenters. The number of aryl methyl sites for hydroxylation is 1. The second kappa shape index (κ2) is 6.42. The van der Waals surface area contributed by atoms with Crippen molar-refractivity contribution in [3.63, 3.8) is 0 Å². The Bertz CT molecular complexity index is 531. The van der Waals surface area contributed by atoms with Crippen LogP contribution in [0.2, 0.25) is 10.0 Å². The summed E-state index contributed by atoms with van der Waals surface area (Å²) in [6.45, 7) is 3.00. The van der Waals surface area contributed by atoms with E-state index >= 15 is 0 Å². The van der Waals surface area contributed by atoms with Crippen LogP contribution < -0.4 is 5.32 Å². The van der Waals surface area contributed by atoms with E-state index in [-0.39, 0.29) is 6.04 Å². The van der Waals surface area contributed by atoms with Crippen LogP contribution >= 0.6 is 23.2 Å². The lowest BCUT2D eigenvalue weighted by atomic mass is 10.1. The molecule has 0 amide bonds. The molecule has 1 unspecified atom stereocenters. The van der Waals surface area contributed by atoms with Crippen molar-refractivity contribution in [1.82, 2.24) is 14.9 Å². The standard InChI is InChI=1S/C14H17Cl2N3/c1-3-7-17-13(14-18-8-9-19(14)2)12-10(15)5-4-6-11(12)16/h4-6,8-9,13,17H,3,7H2,1-2H3. The maximum Gasteiger partial charge on any atom is 0.130 e. The summed E-state index contributed by atoms with van der Waals surface area (Å²) in [5, 5.41) is 4.77. The molecule has 1 heterocycles. The van der Waals surface area contributed by atoms with Crippen LogP contribution in [0.5, 0.6) is 0 Å². The van der Waals surface area contributed by atoms with E-state index in [0.717, 1.165) is 24.4 Å². The van der Waals surface area contributed by atoms with Gasteiger partial charge in [0.15, 0.2) is 0 Å². The molecule has 2 rings (SSSR count). The van der Waals surface area contributed by atoms with Gasteiger partial charge in [-0.05, 0) is 25.1 Å². The van der Waals surface area contributed by atoms with Crippen LogP contribution in [-0.2, 0) is 7.05 Å². The molecule has 0 bridgehead atoms. The highest BCUT2D eigenvalue weighted by Gasteiger charge is 2.22. The van der Waals surface area contributed by atoms with Crippen LogP contribution in [0.25, 0.3) is 0 Å². The monoisotopic (exact) mass is 297 g/mol. The molecule has 0 saturated carbocycles. The number of imidazole rings is 1. The van der Waals surface area contributed by atoms with Gasteiger partial charge in [-0.25, -0.2) is 4.98 Å². The number of hydrogen-bond donors (Lipinski definition) is 1. The zero-order valence-electron chi connectivity index (χ0n) is 11.0. The third kappa shape index (κ3) is 3.11. The van der Waals surface area contributed by atoms with E-state index in [4.69, 9.17) is 23.2 Å². The Balaban J connectivity index is 2.46. The number of aromatic nitrogens is 2. The van der Waals surface area contributed by atoms with Gasteiger partial charge in [-0.2, -0.15) is 0 Å². The van der Waals surface area contributed by atoms with Crippen molar-refractivity contribution >= 4 is 23.2 Å². The summed E-state index contributed by atoms with van der Waals surface area (Å²) in [5.74, 6) is 0.906.